The number of amides is 1. The lowest BCUT2D eigenvalue weighted by Crippen LogP contribution is -2.32. The minimum Gasteiger partial charge on any atom is -0.372 e. The third kappa shape index (κ3) is 3.29. The Morgan fingerprint density at radius 1 is 1.12 bits per heavy atom. The molecule has 0 saturated carbocycles. The molecule has 5 nitrogen and oxygen atoms in total. The summed E-state index contributed by atoms with van der Waals surface area (Å²) in [4.78, 5) is 19.3. The molecule has 5 heteroatoms. The molecule has 26 heavy (non-hydrogen) atoms. The van der Waals surface area contributed by atoms with Crippen molar-refractivity contribution in [1.82, 2.24) is 9.38 Å². The molecule has 134 valence electrons. The SMILES string of the molecule is Cc1cccc2nc(C(=O)Nc3ccc(N4CCC(C)CC4)cc3)cn12. The monoisotopic (exact) mass is 348 g/mol. The number of carbonyl (C=O) groups excluding carboxylic acids is 1. The molecular formula is C21H24N4O. The summed E-state index contributed by atoms with van der Waals surface area (Å²) in [5.74, 6) is 0.631. The predicted molar refractivity (Wildman–Crippen MR) is 105 cm³/mol. The van der Waals surface area contributed by atoms with Crippen LogP contribution in [0.15, 0.2) is 48.7 Å². The van der Waals surface area contributed by atoms with Crippen LogP contribution in [-0.2, 0) is 0 Å². The summed E-state index contributed by atoms with van der Waals surface area (Å²) in [6.07, 6.45) is 4.26. The van der Waals surface area contributed by atoms with Gasteiger partial charge in [-0.3, -0.25) is 4.79 Å². The van der Waals surface area contributed by atoms with E-state index in [0.717, 1.165) is 36.0 Å². The van der Waals surface area contributed by atoms with Crippen LogP contribution in [-0.4, -0.2) is 28.4 Å². The Hall–Kier alpha value is -2.82. The van der Waals surface area contributed by atoms with Gasteiger partial charge in [-0.1, -0.05) is 13.0 Å². The first-order chi connectivity index (χ1) is 12.6. The fraction of sp³-hybridized carbons (Fsp3) is 0.333. The summed E-state index contributed by atoms with van der Waals surface area (Å²) in [6, 6.07) is 13.9. The summed E-state index contributed by atoms with van der Waals surface area (Å²) in [7, 11) is 0. The quantitative estimate of drug-likeness (QED) is 0.774. The maximum atomic E-state index is 12.5. The Bertz CT molecular complexity index is 921. The number of anilines is 2. The van der Waals surface area contributed by atoms with E-state index in [1.54, 1.807) is 6.20 Å². The molecule has 4 rings (SSSR count). The van der Waals surface area contributed by atoms with Crippen LogP contribution in [0.25, 0.3) is 5.65 Å². The second-order valence-corrected chi connectivity index (χ2v) is 7.19. The van der Waals surface area contributed by atoms with Crippen molar-refractivity contribution in [3.05, 3.63) is 60.0 Å². The zero-order valence-electron chi connectivity index (χ0n) is 15.3. The Morgan fingerprint density at radius 3 is 2.54 bits per heavy atom. The van der Waals surface area contributed by atoms with Crippen molar-refractivity contribution < 1.29 is 4.79 Å². The molecular weight excluding hydrogens is 324 g/mol. The van der Waals surface area contributed by atoms with Crippen LogP contribution in [0.5, 0.6) is 0 Å². The number of carbonyl (C=O) groups is 1. The van der Waals surface area contributed by atoms with E-state index in [1.165, 1.54) is 18.5 Å². The number of aryl methyl sites for hydroxylation is 1. The zero-order valence-corrected chi connectivity index (χ0v) is 15.3. The first-order valence-electron chi connectivity index (χ1n) is 9.21. The molecule has 1 fully saturated rings. The summed E-state index contributed by atoms with van der Waals surface area (Å²) in [5.41, 5.74) is 4.27. The molecule has 0 aliphatic carbocycles. The van der Waals surface area contributed by atoms with Gasteiger partial charge >= 0.3 is 0 Å². The number of aromatic nitrogens is 2. The highest BCUT2D eigenvalue weighted by molar-refractivity contribution is 6.03. The first-order valence-corrected chi connectivity index (χ1v) is 9.21. The summed E-state index contributed by atoms with van der Waals surface area (Å²) < 4.78 is 1.93. The molecule has 3 aromatic rings. The van der Waals surface area contributed by atoms with E-state index >= 15 is 0 Å². The molecule has 0 radical (unpaired) electrons. The minimum absolute atomic E-state index is 0.187. The van der Waals surface area contributed by atoms with Crippen molar-refractivity contribution in [2.45, 2.75) is 26.7 Å². The van der Waals surface area contributed by atoms with Gasteiger partial charge in [0.05, 0.1) is 0 Å². The van der Waals surface area contributed by atoms with E-state index in [4.69, 9.17) is 0 Å². The van der Waals surface area contributed by atoms with Crippen molar-refractivity contribution in [1.29, 1.82) is 0 Å². The number of piperidine rings is 1. The Labute approximate surface area is 153 Å². The van der Waals surface area contributed by atoms with Gasteiger partial charge in [0.15, 0.2) is 0 Å². The molecule has 0 atom stereocenters. The van der Waals surface area contributed by atoms with Gasteiger partial charge in [-0.2, -0.15) is 0 Å². The lowest BCUT2D eigenvalue weighted by atomic mass is 9.99. The maximum absolute atomic E-state index is 12.5. The highest BCUT2D eigenvalue weighted by atomic mass is 16.1. The van der Waals surface area contributed by atoms with Gasteiger partial charge in [0.2, 0.25) is 0 Å². The van der Waals surface area contributed by atoms with Crippen LogP contribution in [0.3, 0.4) is 0 Å². The molecule has 3 heterocycles. The number of fused-ring (bicyclic) bond motifs is 1. The predicted octanol–water partition coefficient (Wildman–Crippen LogP) is 4.13. The van der Waals surface area contributed by atoms with Gasteiger partial charge in [0, 0.05) is 36.4 Å². The number of nitrogens with one attached hydrogen (secondary N) is 1. The normalized spacial score (nSPS) is 15.4. The van der Waals surface area contributed by atoms with Gasteiger partial charge in [-0.15, -0.1) is 0 Å². The fourth-order valence-electron chi connectivity index (χ4n) is 3.48. The van der Waals surface area contributed by atoms with Gasteiger partial charge < -0.3 is 14.6 Å². The van der Waals surface area contributed by atoms with E-state index in [0.29, 0.717) is 5.69 Å². The smallest absolute Gasteiger partial charge is 0.275 e. The topological polar surface area (TPSA) is 49.6 Å². The van der Waals surface area contributed by atoms with Crippen LogP contribution < -0.4 is 10.2 Å². The number of nitrogens with zero attached hydrogens (tertiary/aromatic N) is 3. The third-order valence-corrected chi connectivity index (χ3v) is 5.20. The van der Waals surface area contributed by atoms with Crippen molar-refractivity contribution >= 4 is 22.9 Å². The number of hydrogen-bond acceptors (Lipinski definition) is 3. The molecule has 0 unspecified atom stereocenters. The maximum Gasteiger partial charge on any atom is 0.275 e. The second kappa shape index (κ2) is 6.83. The molecule has 1 aliphatic rings. The van der Waals surface area contributed by atoms with E-state index in [9.17, 15) is 4.79 Å². The zero-order chi connectivity index (χ0) is 18.1. The van der Waals surface area contributed by atoms with Crippen LogP contribution in [0.1, 0.15) is 35.9 Å². The number of benzene rings is 1. The third-order valence-electron chi connectivity index (χ3n) is 5.20. The summed E-state index contributed by atoms with van der Waals surface area (Å²) >= 11 is 0. The van der Waals surface area contributed by atoms with Crippen molar-refractivity contribution in [2.75, 3.05) is 23.3 Å². The molecule has 0 spiro atoms. The Morgan fingerprint density at radius 2 is 1.85 bits per heavy atom. The molecule has 1 aliphatic heterocycles. The van der Waals surface area contributed by atoms with Gasteiger partial charge in [0.25, 0.3) is 5.91 Å². The van der Waals surface area contributed by atoms with Gasteiger partial charge in [0.1, 0.15) is 11.3 Å². The number of hydrogen-bond donors (Lipinski definition) is 1. The van der Waals surface area contributed by atoms with Crippen molar-refractivity contribution in [2.24, 2.45) is 5.92 Å². The van der Waals surface area contributed by atoms with Crippen LogP contribution in [0.2, 0.25) is 0 Å². The van der Waals surface area contributed by atoms with E-state index < -0.39 is 0 Å². The highest BCUT2D eigenvalue weighted by Crippen LogP contribution is 2.24. The summed E-state index contributed by atoms with van der Waals surface area (Å²) in [6.45, 7) is 6.52. The van der Waals surface area contributed by atoms with Crippen LogP contribution in [0, 0.1) is 12.8 Å². The number of pyridine rings is 1. The molecule has 2 aromatic heterocycles. The average molecular weight is 348 g/mol. The highest BCUT2D eigenvalue weighted by Gasteiger charge is 2.16. The van der Waals surface area contributed by atoms with Gasteiger partial charge in [-0.05, 0) is 62.1 Å². The van der Waals surface area contributed by atoms with Crippen LogP contribution in [0.4, 0.5) is 11.4 Å². The summed E-state index contributed by atoms with van der Waals surface area (Å²) in [5, 5.41) is 2.94. The number of imidazole rings is 1. The minimum atomic E-state index is -0.187. The number of rotatable bonds is 3. The van der Waals surface area contributed by atoms with E-state index in [1.807, 2.05) is 41.7 Å². The molecule has 1 aromatic carbocycles. The van der Waals surface area contributed by atoms with E-state index in [-0.39, 0.29) is 5.91 Å². The standard InChI is InChI=1S/C21H24N4O/c1-15-10-12-24(13-11-15)18-8-6-17(7-9-18)22-21(26)19-14-25-16(2)4-3-5-20(25)23-19/h3-9,14-15H,10-13H2,1-2H3,(H,22,26). The molecule has 1 N–H and O–H groups in total. The fourth-order valence-corrected chi connectivity index (χ4v) is 3.48. The van der Waals surface area contributed by atoms with Crippen molar-refractivity contribution in [3.63, 3.8) is 0 Å². The lowest BCUT2D eigenvalue weighted by molar-refractivity contribution is 0.102. The van der Waals surface area contributed by atoms with Crippen LogP contribution >= 0.6 is 0 Å². The van der Waals surface area contributed by atoms with Gasteiger partial charge in [-0.25, -0.2) is 4.98 Å². The Balaban J connectivity index is 1.46. The largest absolute Gasteiger partial charge is 0.372 e. The first kappa shape index (κ1) is 16.6. The molecule has 1 saturated heterocycles. The van der Waals surface area contributed by atoms with E-state index in [2.05, 4.69) is 34.3 Å². The Kier molecular flexibility index (Phi) is 4.37. The van der Waals surface area contributed by atoms with Crippen molar-refractivity contribution in [3.8, 4) is 0 Å². The molecule has 1 amide bonds. The lowest BCUT2D eigenvalue weighted by Gasteiger charge is -2.32. The average Bonchev–Trinajstić information content (AvgIpc) is 3.09. The molecule has 0 bridgehead atoms. The second-order valence-electron chi connectivity index (χ2n) is 7.19.